The van der Waals surface area contributed by atoms with Crippen molar-refractivity contribution in [2.45, 2.75) is 39.2 Å². The monoisotopic (exact) mass is 345 g/mol. The molecule has 3 nitrogen and oxygen atoms in total. The molecule has 1 fully saturated rings. The summed E-state index contributed by atoms with van der Waals surface area (Å²) < 4.78 is 1.11. The first-order valence-electron chi connectivity index (χ1n) is 6.74. The van der Waals surface area contributed by atoms with Gasteiger partial charge in [0.05, 0.1) is 5.41 Å². The van der Waals surface area contributed by atoms with Crippen LogP contribution in [0.5, 0.6) is 0 Å². The number of halogens is 1. The molecule has 1 saturated heterocycles. The second kappa shape index (κ2) is 6.37. The van der Waals surface area contributed by atoms with Crippen molar-refractivity contribution in [2.24, 2.45) is 5.41 Å². The number of likely N-dealkylation sites (tertiary alicyclic amines) is 1. The molecule has 0 bridgehead atoms. The van der Waals surface area contributed by atoms with E-state index in [1.54, 1.807) is 11.3 Å². The van der Waals surface area contributed by atoms with Crippen molar-refractivity contribution in [1.29, 1.82) is 0 Å². The third kappa shape index (κ3) is 3.58. The third-order valence-electron chi connectivity index (χ3n) is 3.84. The largest absolute Gasteiger partial charge is 0.481 e. The molecule has 0 aromatic carbocycles. The van der Waals surface area contributed by atoms with Crippen molar-refractivity contribution in [3.05, 3.63) is 20.8 Å². The number of hydrogen-bond acceptors (Lipinski definition) is 3. The van der Waals surface area contributed by atoms with Gasteiger partial charge in [0.1, 0.15) is 0 Å². The number of hydrogen-bond donors (Lipinski definition) is 1. The van der Waals surface area contributed by atoms with Gasteiger partial charge in [-0.05, 0) is 47.8 Å². The standard InChI is InChI=1S/C14H20BrNO2S/c1-2-4-14(13(17)18)5-3-6-16(10-14)8-12-7-11(15)9-19-12/h7,9H,2-6,8,10H2,1H3,(H,17,18). The highest BCUT2D eigenvalue weighted by Crippen LogP contribution is 2.36. The van der Waals surface area contributed by atoms with E-state index < -0.39 is 11.4 Å². The molecule has 1 atom stereocenters. The van der Waals surface area contributed by atoms with Crippen LogP contribution in [0.2, 0.25) is 0 Å². The Labute approximate surface area is 126 Å². The number of carbonyl (C=O) groups is 1. The van der Waals surface area contributed by atoms with Gasteiger partial charge in [-0.1, -0.05) is 13.3 Å². The lowest BCUT2D eigenvalue weighted by atomic mass is 9.76. The van der Waals surface area contributed by atoms with E-state index in [2.05, 4.69) is 39.2 Å². The number of carboxylic acid groups (broad SMARTS) is 1. The van der Waals surface area contributed by atoms with Crippen LogP contribution in [-0.4, -0.2) is 29.1 Å². The maximum absolute atomic E-state index is 11.6. The summed E-state index contributed by atoms with van der Waals surface area (Å²) in [7, 11) is 0. The Bertz CT molecular complexity index is 444. The first-order chi connectivity index (χ1) is 9.05. The highest BCUT2D eigenvalue weighted by Gasteiger charge is 2.41. The molecule has 1 unspecified atom stereocenters. The number of rotatable bonds is 5. The zero-order valence-corrected chi connectivity index (χ0v) is 13.6. The number of thiophene rings is 1. The predicted octanol–water partition coefficient (Wildman–Crippen LogP) is 3.98. The van der Waals surface area contributed by atoms with Gasteiger partial charge in [0.15, 0.2) is 0 Å². The summed E-state index contributed by atoms with van der Waals surface area (Å²) in [6, 6.07) is 2.13. The van der Waals surface area contributed by atoms with Crippen LogP contribution in [0.15, 0.2) is 15.9 Å². The van der Waals surface area contributed by atoms with Gasteiger partial charge in [-0.15, -0.1) is 11.3 Å². The molecule has 106 valence electrons. The van der Waals surface area contributed by atoms with E-state index in [4.69, 9.17) is 0 Å². The lowest BCUT2D eigenvalue weighted by Crippen LogP contribution is -2.47. The summed E-state index contributed by atoms with van der Waals surface area (Å²) in [5.74, 6) is -0.619. The minimum Gasteiger partial charge on any atom is -0.481 e. The second-order valence-corrected chi connectivity index (χ2v) is 7.29. The topological polar surface area (TPSA) is 40.5 Å². The molecule has 0 radical (unpaired) electrons. The van der Waals surface area contributed by atoms with Gasteiger partial charge in [0, 0.05) is 27.8 Å². The Morgan fingerprint density at radius 1 is 1.63 bits per heavy atom. The maximum Gasteiger partial charge on any atom is 0.310 e. The molecule has 1 aromatic rings. The summed E-state index contributed by atoms with van der Waals surface area (Å²) in [6.45, 7) is 4.63. The molecule has 2 heterocycles. The van der Waals surface area contributed by atoms with Gasteiger partial charge in [-0.2, -0.15) is 0 Å². The van der Waals surface area contributed by atoms with E-state index in [0.29, 0.717) is 6.54 Å². The number of nitrogens with zero attached hydrogens (tertiary/aromatic N) is 1. The van der Waals surface area contributed by atoms with Crippen LogP contribution in [0.1, 0.15) is 37.5 Å². The smallest absolute Gasteiger partial charge is 0.310 e. The Balaban J connectivity index is 2.05. The summed E-state index contributed by atoms with van der Waals surface area (Å²) in [6.07, 6.45) is 3.53. The molecular formula is C14H20BrNO2S. The van der Waals surface area contributed by atoms with Crippen LogP contribution in [0.25, 0.3) is 0 Å². The number of piperidine rings is 1. The van der Waals surface area contributed by atoms with Gasteiger partial charge in [-0.3, -0.25) is 9.69 Å². The summed E-state index contributed by atoms with van der Waals surface area (Å²) in [5.41, 5.74) is -0.526. The summed E-state index contributed by atoms with van der Waals surface area (Å²) >= 11 is 5.19. The lowest BCUT2D eigenvalue weighted by Gasteiger charge is -2.39. The molecule has 1 aliphatic heterocycles. The van der Waals surface area contributed by atoms with E-state index in [1.807, 2.05) is 0 Å². The average Bonchev–Trinajstić information content (AvgIpc) is 2.75. The molecule has 0 saturated carbocycles. The fourth-order valence-corrected chi connectivity index (χ4v) is 4.48. The van der Waals surface area contributed by atoms with E-state index in [1.165, 1.54) is 4.88 Å². The van der Waals surface area contributed by atoms with Gasteiger partial charge in [0.2, 0.25) is 0 Å². The van der Waals surface area contributed by atoms with Crippen molar-refractivity contribution < 1.29 is 9.90 Å². The molecule has 0 aliphatic carbocycles. The average molecular weight is 346 g/mol. The SMILES string of the molecule is CCCC1(C(=O)O)CCCN(Cc2cc(Br)cs2)C1. The molecular weight excluding hydrogens is 326 g/mol. The normalized spacial score (nSPS) is 24.5. The van der Waals surface area contributed by atoms with Crippen molar-refractivity contribution in [2.75, 3.05) is 13.1 Å². The molecule has 19 heavy (non-hydrogen) atoms. The van der Waals surface area contributed by atoms with Gasteiger partial charge >= 0.3 is 5.97 Å². The molecule has 0 amide bonds. The van der Waals surface area contributed by atoms with E-state index in [9.17, 15) is 9.90 Å². The summed E-state index contributed by atoms with van der Waals surface area (Å²) in [4.78, 5) is 15.2. The first-order valence-corrected chi connectivity index (χ1v) is 8.42. The maximum atomic E-state index is 11.6. The zero-order valence-electron chi connectivity index (χ0n) is 11.2. The van der Waals surface area contributed by atoms with Crippen LogP contribution in [0, 0.1) is 5.41 Å². The minimum atomic E-state index is -0.619. The minimum absolute atomic E-state index is 0.526. The first kappa shape index (κ1) is 15.0. The van der Waals surface area contributed by atoms with Crippen LogP contribution >= 0.6 is 27.3 Å². The number of carboxylic acids is 1. The van der Waals surface area contributed by atoms with Crippen molar-refractivity contribution in [1.82, 2.24) is 4.90 Å². The predicted molar refractivity (Wildman–Crippen MR) is 81.5 cm³/mol. The van der Waals surface area contributed by atoms with Crippen molar-refractivity contribution in [3.8, 4) is 0 Å². The highest BCUT2D eigenvalue weighted by atomic mass is 79.9. The fourth-order valence-electron chi connectivity index (χ4n) is 2.98. The van der Waals surface area contributed by atoms with E-state index in [0.717, 1.165) is 43.2 Å². The Hall–Kier alpha value is -0.390. The Morgan fingerprint density at radius 3 is 3.00 bits per heavy atom. The lowest BCUT2D eigenvalue weighted by molar-refractivity contribution is -0.153. The van der Waals surface area contributed by atoms with Crippen molar-refractivity contribution >= 4 is 33.2 Å². The highest BCUT2D eigenvalue weighted by molar-refractivity contribution is 9.10. The van der Waals surface area contributed by atoms with E-state index in [-0.39, 0.29) is 0 Å². The van der Waals surface area contributed by atoms with E-state index >= 15 is 0 Å². The molecule has 0 spiro atoms. The third-order valence-corrected chi connectivity index (χ3v) is 5.52. The van der Waals surface area contributed by atoms with Crippen LogP contribution in [0.4, 0.5) is 0 Å². The molecule has 1 aliphatic rings. The second-order valence-electron chi connectivity index (χ2n) is 5.38. The Kier molecular flexibility index (Phi) is 5.03. The quantitative estimate of drug-likeness (QED) is 0.877. The zero-order chi connectivity index (χ0) is 13.9. The fraction of sp³-hybridized carbons (Fsp3) is 0.643. The van der Waals surface area contributed by atoms with Gasteiger partial charge in [0.25, 0.3) is 0 Å². The molecule has 1 aromatic heterocycles. The number of aliphatic carboxylic acids is 1. The van der Waals surface area contributed by atoms with Gasteiger partial charge < -0.3 is 5.11 Å². The van der Waals surface area contributed by atoms with Crippen LogP contribution < -0.4 is 0 Å². The molecule has 1 N–H and O–H groups in total. The molecule has 5 heteroatoms. The van der Waals surface area contributed by atoms with Gasteiger partial charge in [-0.25, -0.2) is 0 Å². The Morgan fingerprint density at radius 2 is 2.42 bits per heavy atom. The van der Waals surface area contributed by atoms with Crippen LogP contribution in [0.3, 0.4) is 0 Å². The summed E-state index contributed by atoms with van der Waals surface area (Å²) in [5, 5.41) is 11.7. The molecule has 2 rings (SSSR count). The van der Waals surface area contributed by atoms with Crippen molar-refractivity contribution in [3.63, 3.8) is 0 Å². The van der Waals surface area contributed by atoms with Crippen LogP contribution in [-0.2, 0) is 11.3 Å².